The van der Waals surface area contributed by atoms with Gasteiger partial charge in [-0.15, -0.1) is 0 Å². The van der Waals surface area contributed by atoms with Crippen molar-refractivity contribution < 1.29 is 9.53 Å². The third kappa shape index (κ3) is 2.59. The van der Waals surface area contributed by atoms with Gasteiger partial charge in [0.15, 0.2) is 0 Å². The quantitative estimate of drug-likeness (QED) is 0.873. The number of hydrogen-bond donors (Lipinski definition) is 1. The van der Waals surface area contributed by atoms with Crippen LogP contribution in [0.4, 0.5) is 0 Å². The Balaban J connectivity index is 1.99. The van der Waals surface area contributed by atoms with E-state index in [0.717, 1.165) is 29.3 Å². The molecule has 1 aromatic rings. The molecule has 18 heavy (non-hydrogen) atoms. The highest BCUT2D eigenvalue weighted by molar-refractivity contribution is 9.10. The van der Waals surface area contributed by atoms with Crippen molar-refractivity contribution >= 4 is 21.9 Å². The highest BCUT2D eigenvalue weighted by Gasteiger charge is 2.44. The zero-order valence-corrected chi connectivity index (χ0v) is 12.1. The summed E-state index contributed by atoms with van der Waals surface area (Å²) in [6.07, 6.45) is 2.73. The van der Waals surface area contributed by atoms with Gasteiger partial charge >= 0.3 is 5.97 Å². The molecule has 2 unspecified atom stereocenters. The Morgan fingerprint density at radius 1 is 1.56 bits per heavy atom. The Hall–Kier alpha value is -0.870. The molecule has 0 spiro atoms. The van der Waals surface area contributed by atoms with Crippen LogP contribution in [-0.2, 0) is 16.1 Å². The van der Waals surface area contributed by atoms with Crippen molar-refractivity contribution in [2.45, 2.75) is 38.8 Å². The molecule has 1 aromatic carbocycles. The first-order valence-electron chi connectivity index (χ1n) is 6.20. The van der Waals surface area contributed by atoms with Crippen molar-refractivity contribution in [3.63, 3.8) is 0 Å². The predicted octanol–water partition coefficient (Wildman–Crippen LogP) is 3.01. The summed E-state index contributed by atoms with van der Waals surface area (Å²) in [6, 6.07) is 7.66. The zero-order chi connectivity index (χ0) is 13.2. The van der Waals surface area contributed by atoms with E-state index >= 15 is 0 Å². The van der Waals surface area contributed by atoms with E-state index in [1.54, 1.807) is 0 Å². The molecule has 1 aliphatic carbocycles. The van der Waals surface area contributed by atoms with Gasteiger partial charge in [-0.1, -0.05) is 40.5 Å². The maximum atomic E-state index is 12.1. The third-order valence-corrected chi connectivity index (χ3v) is 4.59. The van der Waals surface area contributed by atoms with Gasteiger partial charge in [-0.2, -0.15) is 0 Å². The molecule has 1 aliphatic rings. The van der Waals surface area contributed by atoms with Gasteiger partial charge in [0.25, 0.3) is 0 Å². The van der Waals surface area contributed by atoms with Crippen molar-refractivity contribution in [1.82, 2.24) is 0 Å². The van der Waals surface area contributed by atoms with E-state index in [-0.39, 0.29) is 12.0 Å². The lowest BCUT2D eigenvalue weighted by Gasteiger charge is -2.26. The predicted molar refractivity (Wildman–Crippen MR) is 73.9 cm³/mol. The maximum Gasteiger partial charge on any atom is 0.313 e. The molecule has 1 fully saturated rings. The topological polar surface area (TPSA) is 52.3 Å². The SMILES string of the molecule is CC1(C(=O)OCc2ccccc2Br)CCCC1N. The van der Waals surface area contributed by atoms with Crippen LogP contribution in [0.1, 0.15) is 31.7 Å². The van der Waals surface area contributed by atoms with Crippen LogP contribution < -0.4 is 5.73 Å². The van der Waals surface area contributed by atoms with E-state index in [1.165, 1.54) is 0 Å². The van der Waals surface area contributed by atoms with E-state index in [1.807, 2.05) is 31.2 Å². The van der Waals surface area contributed by atoms with Gasteiger partial charge in [0.05, 0.1) is 5.41 Å². The minimum Gasteiger partial charge on any atom is -0.460 e. The van der Waals surface area contributed by atoms with Gasteiger partial charge in [-0.3, -0.25) is 4.79 Å². The van der Waals surface area contributed by atoms with Crippen LogP contribution in [-0.4, -0.2) is 12.0 Å². The minimum atomic E-state index is -0.513. The van der Waals surface area contributed by atoms with E-state index in [2.05, 4.69) is 15.9 Å². The zero-order valence-electron chi connectivity index (χ0n) is 10.5. The van der Waals surface area contributed by atoms with Gasteiger partial charge in [-0.25, -0.2) is 0 Å². The number of carbonyl (C=O) groups excluding carboxylic acids is 1. The Morgan fingerprint density at radius 2 is 2.28 bits per heavy atom. The third-order valence-electron chi connectivity index (χ3n) is 3.81. The Morgan fingerprint density at radius 3 is 2.89 bits per heavy atom. The normalized spacial score (nSPS) is 27.2. The second-order valence-electron chi connectivity index (χ2n) is 5.08. The van der Waals surface area contributed by atoms with Crippen LogP contribution in [0.2, 0.25) is 0 Å². The first-order chi connectivity index (χ1) is 8.54. The van der Waals surface area contributed by atoms with Crippen LogP contribution in [0.3, 0.4) is 0 Å². The summed E-state index contributed by atoms with van der Waals surface area (Å²) < 4.78 is 6.37. The summed E-state index contributed by atoms with van der Waals surface area (Å²) in [5, 5.41) is 0. The van der Waals surface area contributed by atoms with Crippen molar-refractivity contribution in [3.8, 4) is 0 Å². The summed E-state index contributed by atoms with van der Waals surface area (Å²) in [4.78, 5) is 12.1. The number of ether oxygens (including phenoxy) is 1. The summed E-state index contributed by atoms with van der Waals surface area (Å²) in [6.45, 7) is 2.20. The molecule has 4 heteroatoms. The molecule has 98 valence electrons. The van der Waals surface area contributed by atoms with Crippen LogP contribution >= 0.6 is 15.9 Å². The molecule has 0 radical (unpaired) electrons. The highest BCUT2D eigenvalue weighted by Crippen LogP contribution is 2.38. The van der Waals surface area contributed by atoms with Gasteiger partial charge in [0.2, 0.25) is 0 Å². The van der Waals surface area contributed by atoms with Gasteiger partial charge < -0.3 is 10.5 Å². The fourth-order valence-corrected chi connectivity index (χ4v) is 2.77. The standard InChI is InChI=1S/C14H18BrNO2/c1-14(8-4-7-12(14)16)13(17)18-9-10-5-2-3-6-11(10)15/h2-3,5-6,12H,4,7-9,16H2,1H3. The number of carbonyl (C=O) groups is 1. The average Bonchev–Trinajstić information content (AvgIpc) is 2.69. The van der Waals surface area contributed by atoms with Crippen molar-refractivity contribution in [1.29, 1.82) is 0 Å². The average molecular weight is 312 g/mol. The summed E-state index contributed by atoms with van der Waals surface area (Å²) in [5.41, 5.74) is 6.46. The molecule has 0 saturated heterocycles. The Bertz CT molecular complexity index is 449. The van der Waals surface area contributed by atoms with Crippen LogP contribution in [0, 0.1) is 5.41 Å². The molecule has 2 N–H and O–H groups in total. The van der Waals surface area contributed by atoms with Crippen molar-refractivity contribution in [2.24, 2.45) is 11.1 Å². The molecular weight excluding hydrogens is 294 g/mol. The second kappa shape index (κ2) is 5.41. The lowest BCUT2D eigenvalue weighted by atomic mass is 9.85. The van der Waals surface area contributed by atoms with Crippen LogP contribution in [0.15, 0.2) is 28.7 Å². The first kappa shape index (κ1) is 13.6. The highest BCUT2D eigenvalue weighted by atomic mass is 79.9. The fraction of sp³-hybridized carbons (Fsp3) is 0.500. The molecule has 2 rings (SSSR count). The number of hydrogen-bond acceptors (Lipinski definition) is 3. The molecule has 2 atom stereocenters. The number of benzene rings is 1. The van der Waals surface area contributed by atoms with Gasteiger partial charge in [-0.05, 0) is 25.8 Å². The lowest BCUT2D eigenvalue weighted by Crippen LogP contribution is -2.42. The maximum absolute atomic E-state index is 12.1. The summed E-state index contributed by atoms with van der Waals surface area (Å²) in [7, 11) is 0. The number of rotatable bonds is 3. The molecule has 0 heterocycles. The molecule has 1 saturated carbocycles. The van der Waals surface area contributed by atoms with Crippen LogP contribution in [0.5, 0.6) is 0 Å². The minimum absolute atomic E-state index is 0.0794. The lowest BCUT2D eigenvalue weighted by molar-refractivity contribution is -0.156. The van der Waals surface area contributed by atoms with Crippen LogP contribution in [0.25, 0.3) is 0 Å². The van der Waals surface area contributed by atoms with Gasteiger partial charge in [0.1, 0.15) is 6.61 Å². The van der Waals surface area contributed by atoms with E-state index < -0.39 is 5.41 Å². The second-order valence-corrected chi connectivity index (χ2v) is 5.94. The van der Waals surface area contributed by atoms with E-state index in [9.17, 15) is 4.79 Å². The Labute approximate surface area is 116 Å². The smallest absolute Gasteiger partial charge is 0.313 e. The molecular formula is C14H18BrNO2. The molecule has 0 aliphatic heterocycles. The Kier molecular flexibility index (Phi) is 4.07. The molecule has 0 aromatic heterocycles. The molecule has 0 bridgehead atoms. The number of esters is 1. The number of halogens is 1. The van der Waals surface area contributed by atoms with E-state index in [0.29, 0.717) is 6.61 Å². The number of nitrogens with two attached hydrogens (primary N) is 1. The summed E-state index contributed by atoms with van der Waals surface area (Å²) in [5.74, 6) is -0.178. The first-order valence-corrected chi connectivity index (χ1v) is 6.99. The van der Waals surface area contributed by atoms with Crippen molar-refractivity contribution in [3.05, 3.63) is 34.3 Å². The molecule has 3 nitrogen and oxygen atoms in total. The monoisotopic (exact) mass is 311 g/mol. The summed E-state index contributed by atoms with van der Waals surface area (Å²) >= 11 is 3.44. The largest absolute Gasteiger partial charge is 0.460 e. The van der Waals surface area contributed by atoms with Crippen molar-refractivity contribution in [2.75, 3.05) is 0 Å². The molecule has 0 amide bonds. The fourth-order valence-electron chi connectivity index (χ4n) is 2.37. The van der Waals surface area contributed by atoms with E-state index in [4.69, 9.17) is 10.5 Å². The van der Waals surface area contributed by atoms with Gasteiger partial charge in [0, 0.05) is 16.1 Å².